The molecule has 2 rings (SSSR count). The number of fused-ring (bicyclic) bond motifs is 1. The molecular formula is C11H12F2N4O2. The summed E-state index contributed by atoms with van der Waals surface area (Å²) in [5, 5.41) is 11.2. The van der Waals surface area contributed by atoms with Crippen LogP contribution < -0.4 is 16.6 Å². The minimum Gasteiger partial charge on any atom is -0.397 e. The third-order valence-corrected chi connectivity index (χ3v) is 2.58. The van der Waals surface area contributed by atoms with Crippen LogP contribution in [0.1, 0.15) is 0 Å². The van der Waals surface area contributed by atoms with Gasteiger partial charge in [0.1, 0.15) is 6.61 Å². The van der Waals surface area contributed by atoms with Crippen molar-refractivity contribution in [1.82, 2.24) is 9.97 Å². The zero-order valence-electron chi connectivity index (χ0n) is 9.78. The number of aromatic amines is 1. The smallest absolute Gasteiger partial charge is 0.287 e. The highest BCUT2D eigenvalue weighted by atomic mass is 19.3. The van der Waals surface area contributed by atoms with Crippen molar-refractivity contribution in [3.8, 4) is 0 Å². The monoisotopic (exact) mass is 270 g/mol. The molecule has 0 bridgehead atoms. The maximum Gasteiger partial charge on any atom is 0.287 e. The Morgan fingerprint density at radius 3 is 2.89 bits per heavy atom. The topological polar surface area (TPSA) is 104 Å². The van der Waals surface area contributed by atoms with Crippen molar-refractivity contribution in [2.24, 2.45) is 0 Å². The minimum atomic E-state index is -3.25. The summed E-state index contributed by atoms with van der Waals surface area (Å²) in [6, 6.07) is 2.77. The summed E-state index contributed by atoms with van der Waals surface area (Å²) in [5.41, 5.74) is 6.05. The quantitative estimate of drug-likeness (QED) is 0.607. The molecule has 102 valence electrons. The second-order valence-corrected chi connectivity index (χ2v) is 4.06. The lowest BCUT2D eigenvalue weighted by Crippen LogP contribution is -2.31. The molecule has 0 aliphatic rings. The molecule has 0 fully saturated rings. The maximum absolute atomic E-state index is 12.9. The normalized spacial score (nSPS) is 11.7. The number of nitrogen functional groups attached to an aromatic ring is 1. The molecule has 0 saturated carbocycles. The Bertz CT molecular complexity index is 657. The number of anilines is 2. The van der Waals surface area contributed by atoms with Gasteiger partial charge in [0.2, 0.25) is 0 Å². The molecule has 1 aromatic carbocycles. The van der Waals surface area contributed by atoms with Crippen LogP contribution in [0.4, 0.5) is 20.2 Å². The number of nitrogens with zero attached hydrogens (tertiary/aromatic N) is 1. The van der Waals surface area contributed by atoms with Crippen LogP contribution in [0.25, 0.3) is 10.9 Å². The lowest BCUT2D eigenvalue weighted by molar-refractivity contribution is -0.0372. The number of halogens is 2. The molecule has 0 amide bonds. The molecule has 2 aromatic rings. The van der Waals surface area contributed by atoms with Crippen molar-refractivity contribution >= 4 is 22.3 Å². The van der Waals surface area contributed by atoms with Crippen molar-refractivity contribution in [2.45, 2.75) is 5.92 Å². The van der Waals surface area contributed by atoms with E-state index >= 15 is 0 Å². The standard InChI is InChI=1S/C11H12F2N4O2/c12-11(13,4-18)3-15-9-2-8-6(1-7(9)14)10(19)17-5-16-8/h1-2,5,15,18H,3-4,14H2,(H,16,17,19). The van der Waals surface area contributed by atoms with E-state index in [9.17, 15) is 13.6 Å². The molecule has 0 aliphatic carbocycles. The van der Waals surface area contributed by atoms with Gasteiger partial charge in [-0.3, -0.25) is 4.79 Å². The molecule has 0 radical (unpaired) electrons. The summed E-state index contributed by atoms with van der Waals surface area (Å²) in [6.07, 6.45) is 1.22. The highest BCUT2D eigenvalue weighted by Crippen LogP contribution is 2.24. The molecular weight excluding hydrogens is 258 g/mol. The van der Waals surface area contributed by atoms with Crippen molar-refractivity contribution in [1.29, 1.82) is 0 Å². The molecule has 1 heterocycles. The zero-order chi connectivity index (χ0) is 14.0. The van der Waals surface area contributed by atoms with Crippen LogP contribution in [0, 0.1) is 0 Å². The fraction of sp³-hybridized carbons (Fsp3) is 0.273. The van der Waals surface area contributed by atoms with Crippen molar-refractivity contribution in [3.05, 3.63) is 28.8 Å². The number of alkyl halides is 2. The predicted molar refractivity (Wildman–Crippen MR) is 67.3 cm³/mol. The first-order chi connectivity index (χ1) is 8.93. The predicted octanol–water partition coefficient (Wildman–Crippen LogP) is 0.545. The van der Waals surface area contributed by atoms with Gasteiger partial charge in [0.15, 0.2) is 0 Å². The molecule has 0 saturated heterocycles. The number of hydrogen-bond acceptors (Lipinski definition) is 5. The Labute approximate surface area is 106 Å². The second-order valence-electron chi connectivity index (χ2n) is 4.06. The second kappa shape index (κ2) is 4.81. The van der Waals surface area contributed by atoms with Gasteiger partial charge < -0.3 is 21.1 Å². The van der Waals surface area contributed by atoms with Crippen molar-refractivity contribution < 1.29 is 13.9 Å². The molecule has 0 unspecified atom stereocenters. The van der Waals surface area contributed by atoms with E-state index in [2.05, 4.69) is 15.3 Å². The number of H-pyrrole nitrogens is 1. The summed E-state index contributed by atoms with van der Waals surface area (Å²) in [5.74, 6) is -3.25. The Morgan fingerprint density at radius 2 is 2.21 bits per heavy atom. The molecule has 6 nitrogen and oxygen atoms in total. The fourth-order valence-electron chi connectivity index (χ4n) is 1.57. The summed E-state index contributed by atoms with van der Waals surface area (Å²) in [7, 11) is 0. The SMILES string of the molecule is Nc1cc2c(=O)[nH]cnc2cc1NCC(F)(F)CO. The highest BCUT2D eigenvalue weighted by molar-refractivity contribution is 5.88. The van der Waals surface area contributed by atoms with Crippen LogP contribution in [-0.2, 0) is 0 Å². The number of rotatable bonds is 4. The average molecular weight is 270 g/mol. The van der Waals surface area contributed by atoms with E-state index in [-0.39, 0.29) is 22.3 Å². The van der Waals surface area contributed by atoms with E-state index in [1.54, 1.807) is 0 Å². The Hall–Kier alpha value is -2.22. The highest BCUT2D eigenvalue weighted by Gasteiger charge is 2.27. The molecule has 0 atom stereocenters. The third-order valence-electron chi connectivity index (χ3n) is 2.58. The number of aliphatic hydroxyl groups is 1. The lowest BCUT2D eigenvalue weighted by Gasteiger charge is -2.16. The zero-order valence-corrected chi connectivity index (χ0v) is 9.78. The number of nitrogens with two attached hydrogens (primary N) is 1. The first kappa shape index (κ1) is 13.2. The van der Waals surface area contributed by atoms with Gasteiger partial charge in [-0.2, -0.15) is 0 Å². The van der Waals surface area contributed by atoms with Crippen LogP contribution in [0.3, 0.4) is 0 Å². The number of aliphatic hydroxyl groups excluding tert-OH is 1. The summed E-state index contributed by atoms with van der Waals surface area (Å²) >= 11 is 0. The van der Waals surface area contributed by atoms with E-state index in [0.717, 1.165) is 0 Å². The summed E-state index contributed by atoms with van der Waals surface area (Å²) in [6.45, 7) is -2.02. The lowest BCUT2D eigenvalue weighted by atomic mass is 10.2. The maximum atomic E-state index is 12.9. The van der Waals surface area contributed by atoms with Gasteiger partial charge in [-0.1, -0.05) is 0 Å². The van der Waals surface area contributed by atoms with E-state index < -0.39 is 19.1 Å². The van der Waals surface area contributed by atoms with E-state index in [1.807, 2.05) is 0 Å². The van der Waals surface area contributed by atoms with Gasteiger partial charge in [-0.15, -0.1) is 0 Å². The summed E-state index contributed by atoms with van der Waals surface area (Å²) < 4.78 is 25.8. The number of nitrogens with one attached hydrogen (secondary N) is 2. The number of aromatic nitrogens is 2. The van der Waals surface area contributed by atoms with Crippen LogP contribution in [0.2, 0.25) is 0 Å². The molecule has 1 aromatic heterocycles. The van der Waals surface area contributed by atoms with Gasteiger partial charge in [-0.05, 0) is 12.1 Å². The molecule has 19 heavy (non-hydrogen) atoms. The van der Waals surface area contributed by atoms with Crippen LogP contribution in [0.15, 0.2) is 23.3 Å². The van der Waals surface area contributed by atoms with Crippen LogP contribution in [-0.4, -0.2) is 34.1 Å². The van der Waals surface area contributed by atoms with Crippen LogP contribution >= 0.6 is 0 Å². The number of hydrogen-bond donors (Lipinski definition) is 4. The number of benzene rings is 1. The van der Waals surface area contributed by atoms with E-state index in [1.165, 1.54) is 18.5 Å². The van der Waals surface area contributed by atoms with Gasteiger partial charge in [0.25, 0.3) is 11.5 Å². The Balaban J connectivity index is 2.35. The Kier molecular flexibility index (Phi) is 3.34. The average Bonchev–Trinajstić information content (AvgIpc) is 2.38. The van der Waals surface area contributed by atoms with Crippen molar-refractivity contribution in [3.63, 3.8) is 0 Å². The first-order valence-electron chi connectivity index (χ1n) is 5.42. The summed E-state index contributed by atoms with van der Waals surface area (Å²) in [4.78, 5) is 17.8. The third kappa shape index (κ3) is 2.79. The molecule has 5 N–H and O–H groups in total. The molecule has 8 heteroatoms. The molecule has 0 spiro atoms. The van der Waals surface area contributed by atoms with E-state index in [4.69, 9.17) is 10.8 Å². The minimum absolute atomic E-state index is 0.153. The first-order valence-corrected chi connectivity index (χ1v) is 5.42. The van der Waals surface area contributed by atoms with Gasteiger partial charge in [-0.25, -0.2) is 13.8 Å². The molecule has 0 aliphatic heterocycles. The Morgan fingerprint density at radius 1 is 1.47 bits per heavy atom. The van der Waals surface area contributed by atoms with Gasteiger partial charge in [0.05, 0.1) is 35.1 Å². The van der Waals surface area contributed by atoms with E-state index in [0.29, 0.717) is 5.52 Å². The van der Waals surface area contributed by atoms with Gasteiger partial charge >= 0.3 is 0 Å². The van der Waals surface area contributed by atoms with Gasteiger partial charge in [0, 0.05) is 0 Å². The van der Waals surface area contributed by atoms with Crippen molar-refractivity contribution in [2.75, 3.05) is 24.2 Å². The largest absolute Gasteiger partial charge is 0.397 e. The fourth-order valence-corrected chi connectivity index (χ4v) is 1.57. The van der Waals surface area contributed by atoms with Crippen LogP contribution in [0.5, 0.6) is 0 Å².